The summed E-state index contributed by atoms with van der Waals surface area (Å²) in [5.41, 5.74) is 1.41. The zero-order valence-corrected chi connectivity index (χ0v) is 20.6. The molecule has 5 rings (SSSR count). The number of hydrogen-bond donors (Lipinski definition) is 0. The van der Waals surface area contributed by atoms with Gasteiger partial charge in [-0.05, 0) is 54.6 Å². The lowest BCUT2D eigenvalue weighted by Crippen LogP contribution is -2.29. The summed E-state index contributed by atoms with van der Waals surface area (Å²) >= 11 is 11.9. The lowest BCUT2D eigenvalue weighted by Gasteiger charge is -2.18. The van der Waals surface area contributed by atoms with Gasteiger partial charge >= 0.3 is 5.97 Å². The lowest BCUT2D eigenvalue weighted by atomic mass is 9.99. The second-order valence-electron chi connectivity index (χ2n) is 8.25. The maximum atomic E-state index is 13.3. The van der Waals surface area contributed by atoms with Crippen LogP contribution in [0.2, 0.25) is 10.0 Å². The van der Waals surface area contributed by atoms with Crippen LogP contribution in [0.1, 0.15) is 53.1 Å². The van der Waals surface area contributed by atoms with Crippen LogP contribution in [0.4, 0.5) is 5.69 Å². The molecular formula is C29H17Cl2NO5. The highest BCUT2D eigenvalue weighted by molar-refractivity contribution is 6.35. The van der Waals surface area contributed by atoms with E-state index in [4.69, 9.17) is 27.9 Å². The van der Waals surface area contributed by atoms with Crippen molar-refractivity contribution in [2.45, 2.75) is 6.10 Å². The van der Waals surface area contributed by atoms with Crippen molar-refractivity contribution >= 4 is 52.5 Å². The molecule has 1 aliphatic heterocycles. The first kappa shape index (κ1) is 24.4. The van der Waals surface area contributed by atoms with E-state index >= 15 is 0 Å². The largest absolute Gasteiger partial charge is 0.445 e. The van der Waals surface area contributed by atoms with Crippen molar-refractivity contribution in [3.05, 3.63) is 135 Å². The summed E-state index contributed by atoms with van der Waals surface area (Å²) in [5, 5.41) is 0.929. The second kappa shape index (κ2) is 10.0. The Morgan fingerprint density at radius 3 is 1.92 bits per heavy atom. The summed E-state index contributed by atoms with van der Waals surface area (Å²) in [4.78, 5) is 53.5. The monoisotopic (exact) mass is 529 g/mol. The molecule has 37 heavy (non-hydrogen) atoms. The van der Waals surface area contributed by atoms with Crippen LogP contribution in [0.3, 0.4) is 0 Å². The topological polar surface area (TPSA) is 80.8 Å². The third kappa shape index (κ3) is 4.77. The van der Waals surface area contributed by atoms with Crippen LogP contribution >= 0.6 is 23.2 Å². The van der Waals surface area contributed by atoms with Crippen molar-refractivity contribution in [1.82, 2.24) is 0 Å². The van der Waals surface area contributed by atoms with Crippen molar-refractivity contribution in [2.24, 2.45) is 0 Å². The van der Waals surface area contributed by atoms with Gasteiger partial charge in [-0.3, -0.25) is 14.4 Å². The highest BCUT2D eigenvalue weighted by Crippen LogP contribution is 2.31. The van der Waals surface area contributed by atoms with Gasteiger partial charge in [0.25, 0.3) is 11.8 Å². The second-order valence-corrected chi connectivity index (χ2v) is 9.12. The van der Waals surface area contributed by atoms with E-state index in [9.17, 15) is 19.2 Å². The van der Waals surface area contributed by atoms with E-state index in [1.807, 2.05) is 0 Å². The standard InChI is InChI=1S/C29H17Cl2NO5/c30-20-9-6-18(7-10-20)26(25(33)17-4-2-1-3-5-17)37-29(36)19-8-15-23-24(16-19)28(35)32(27(23)34)22-13-11-21(31)12-14-22/h1-16,26H/t26-/m0/s1. The SMILES string of the molecule is O=C(O[C@H](C(=O)c1ccccc1)c1ccc(Cl)cc1)c1ccc2c(c1)C(=O)N(c1ccc(Cl)cc1)C2=O. The minimum absolute atomic E-state index is 0.0256. The van der Waals surface area contributed by atoms with Gasteiger partial charge < -0.3 is 4.74 Å². The molecule has 2 amide bonds. The van der Waals surface area contributed by atoms with Gasteiger partial charge in [0.05, 0.1) is 22.4 Å². The summed E-state index contributed by atoms with van der Waals surface area (Å²) in [6.45, 7) is 0. The summed E-state index contributed by atoms with van der Waals surface area (Å²) in [6, 6.07) is 25.2. The van der Waals surface area contributed by atoms with E-state index in [0.717, 1.165) is 4.90 Å². The Hall–Kier alpha value is -4.26. The normalized spacial score (nSPS) is 13.3. The summed E-state index contributed by atoms with van der Waals surface area (Å²) in [5.74, 6) is -2.33. The number of ether oxygens (including phenoxy) is 1. The Morgan fingerprint density at radius 1 is 0.676 bits per heavy atom. The predicted octanol–water partition coefficient (Wildman–Crippen LogP) is 6.58. The molecule has 0 spiro atoms. The number of anilines is 1. The van der Waals surface area contributed by atoms with Crippen molar-refractivity contribution in [2.75, 3.05) is 4.90 Å². The van der Waals surface area contributed by atoms with Crippen LogP contribution in [-0.4, -0.2) is 23.6 Å². The number of Topliss-reactive ketones (excluding diaryl/α,β-unsaturated/α-hetero) is 1. The Morgan fingerprint density at radius 2 is 1.27 bits per heavy atom. The molecule has 1 heterocycles. The third-order valence-electron chi connectivity index (χ3n) is 5.90. The highest BCUT2D eigenvalue weighted by Gasteiger charge is 2.37. The number of rotatable bonds is 6. The van der Waals surface area contributed by atoms with E-state index in [1.54, 1.807) is 78.9 Å². The number of halogens is 2. The molecular weight excluding hydrogens is 513 g/mol. The average Bonchev–Trinajstić information content (AvgIpc) is 3.17. The molecule has 0 aromatic heterocycles. The number of benzene rings is 4. The molecule has 0 saturated carbocycles. The summed E-state index contributed by atoms with van der Waals surface area (Å²) in [6.07, 6.45) is -1.25. The maximum absolute atomic E-state index is 13.3. The van der Waals surface area contributed by atoms with Gasteiger partial charge in [0, 0.05) is 21.2 Å². The maximum Gasteiger partial charge on any atom is 0.339 e. The van der Waals surface area contributed by atoms with Crippen LogP contribution in [0.5, 0.6) is 0 Å². The van der Waals surface area contributed by atoms with Gasteiger partial charge in [-0.15, -0.1) is 0 Å². The average molecular weight is 530 g/mol. The molecule has 0 unspecified atom stereocenters. The fraction of sp³-hybridized carbons (Fsp3) is 0.0345. The van der Waals surface area contributed by atoms with Crippen LogP contribution in [0.15, 0.2) is 97.1 Å². The van der Waals surface area contributed by atoms with Crippen LogP contribution in [0.25, 0.3) is 0 Å². The van der Waals surface area contributed by atoms with Crippen molar-refractivity contribution in [1.29, 1.82) is 0 Å². The molecule has 0 aliphatic carbocycles. The van der Waals surface area contributed by atoms with Gasteiger partial charge in [0.15, 0.2) is 6.10 Å². The fourth-order valence-corrected chi connectivity index (χ4v) is 4.28. The zero-order valence-electron chi connectivity index (χ0n) is 19.1. The molecule has 182 valence electrons. The molecule has 4 aromatic carbocycles. The smallest absolute Gasteiger partial charge is 0.339 e. The molecule has 1 aliphatic rings. The van der Waals surface area contributed by atoms with Gasteiger partial charge in [0.1, 0.15) is 0 Å². The lowest BCUT2D eigenvalue weighted by molar-refractivity contribution is 0.0280. The van der Waals surface area contributed by atoms with E-state index < -0.39 is 29.7 Å². The van der Waals surface area contributed by atoms with E-state index in [1.165, 1.54) is 18.2 Å². The number of amides is 2. The van der Waals surface area contributed by atoms with Crippen LogP contribution < -0.4 is 4.90 Å². The number of hydrogen-bond acceptors (Lipinski definition) is 5. The van der Waals surface area contributed by atoms with E-state index in [2.05, 4.69) is 0 Å². The minimum atomic E-state index is -1.25. The number of ketones is 1. The van der Waals surface area contributed by atoms with E-state index in [-0.39, 0.29) is 16.7 Å². The molecule has 0 N–H and O–H groups in total. The number of fused-ring (bicyclic) bond motifs is 1. The van der Waals surface area contributed by atoms with Gasteiger partial charge in [-0.1, -0.05) is 65.7 Å². The number of esters is 1. The van der Waals surface area contributed by atoms with Crippen molar-refractivity contribution in [3.8, 4) is 0 Å². The van der Waals surface area contributed by atoms with Gasteiger partial charge in [-0.2, -0.15) is 0 Å². The van der Waals surface area contributed by atoms with Gasteiger partial charge in [-0.25, -0.2) is 9.69 Å². The number of carbonyl (C=O) groups is 4. The van der Waals surface area contributed by atoms with Crippen LogP contribution in [0, 0.1) is 0 Å². The van der Waals surface area contributed by atoms with Crippen molar-refractivity contribution < 1.29 is 23.9 Å². The molecule has 0 bridgehead atoms. The molecule has 0 radical (unpaired) electrons. The van der Waals surface area contributed by atoms with Crippen molar-refractivity contribution in [3.63, 3.8) is 0 Å². The predicted molar refractivity (Wildman–Crippen MR) is 139 cm³/mol. The first-order valence-corrected chi connectivity index (χ1v) is 11.9. The molecule has 0 saturated heterocycles. The Bertz CT molecular complexity index is 1530. The van der Waals surface area contributed by atoms with Crippen LogP contribution in [-0.2, 0) is 4.74 Å². The van der Waals surface area contributed by atoms with Gasteiger partial charge in [0.2, 0.25) is 5.78 Å². The zero-order chi connectivity index (χ0) is 26.1. The first-order valence-electron chi connectivity index (χ1n) is 11.2. The Balaban J connectivity index is 1.45. The fourth-order valence-electron chi connectivity index (χ4n) is 4.03. The summed E-state index contributed by atoms with van der Waals surface area (Å²) < 4.78 is 5.67. The van der Waals surface area contributed by atoms with E-state index in [0.29, 0.717) is 26.9 Å². The molecule has 8 heteroatoms. The minimum Gasteiger partial charge on any atom is -0.445 e. The molecule has 1 atom stereocenters. The molecule has 4 aromatic rings. The number of nitrogens with zero attached hydrogens (tertiary/aromatic N) is 1. The third-order valence-corrected chi connectivity index (χ3v) is 6.41. The first-order chi connectivity index (χ1) is 17.8. The quantitative estimate of drug-likeness (QED) is 0.160. The summed E-state index contributed by atoms with van der Waals surface area (Å²) in [7, 11) is 0. The number of imide groups is 1. The number of carbonyl (C=O) groups excluding carboxylic acids is 4. The highest BCUT2D eigenvalue weighted by atomic mass is 35.5. The molecule has 0 fully saturated rings. The Kier molecular flexibility index (Phi) is 6.61. The molecule has 6 nitrogen and oxygen atoms in total. The Labute approximate surface area is 222 Å².